The number of carbonyl (C=O) groups is 1. The zero-order valence-corrected chi connectivity index (χ0v) is 11.8. The first-order valence-corrected chi connectivity index (χ1v) is 6.40. The molecule has 0 spiro atoms. The largest absolute Gasteiger partial charge is 0.370 e. The predicted molar refractivity (Wildman–Crippen MR) is 75.3 cm³/mol. The van der Waals surface area contributed by atoms with Crippen LogP contribution in [0, 0.1) is 0 Å². The Bertz CT molecular complexity index is 390. The molecule has 0 aliphatic carbocycles. The zero-order chi connectivity index (χ0) is 13.8. The fourth-order valence-electron chi connectivity index (χ4n) is 1.79. The molecule has 0 saturated heterocycles. The number of benzene rings is 1. The zero-order valence-electron chi connectivity index (χ0n) is 11.8. The predicted octanol–water partition coefficient (Wildman–Crippen LogP) is 2.34. The lowest BCUT2D eigenvalue weighted by molar-refractivity contribution is -0.118. The van der Waals surface area contributed by atoms with E-state index in [1.165, 1.54) is 11.1 Å². The van der Waals surface area contributed by atoms with E-state index < -0.39 is 0 Å². The third-order valence-electron chi connectivity index (χ3n) is 2.98. The number of amides is 1. The van der Waals surface area contributed by atoms with E-state index >= 15 is 0 Å². The number of rotatable bonds is 5. The molecule has 1 unspecified atom stereocenters. The quantitative estimate of drug-likeness (QED) is 0.840. The molecule has 1 rings (SSSR count). The fourth-order valence-corrected chi connectivity index (χ4v) is 1.79. The van der Waals surface area contributed by atoms with Gasteiger partial charge in [-0.3, -0.25) is 4.79 Å². The Labute approximate surface area is 110 Å². The van der Waals surface area contributed by atoms with Gasteiger partial charge in [0.15, 0.2) is 0 Å². The number of primary amides is 1. The van der Waals surface area contributed by atoms with Crippen molar-refractivity contribution in [1.82, 2.24) is 5.32 Å². The summed E-state index contributed by atoms with van der Waals surface area (Å²) in [6.45, 7) is 9.34. The summed E-state index contributed by atoms with van der Waals surface area (Å²) in [4.78, 5) is 10.8. The first-order chi connectivity index (χ1) is 8.29. The summed E-state index contributed by atoms with van der Waals surface area (Å²) in [5, 5.41) is 3.29. The van der Waals surface area contributed by atoms with Gasteiger partial charge in [-0.15, -0.1) is 0 Å². The van der Waals surface area contributed by atoms with Crippen LogP contribution in [0.2, 0.25) is 0 Å². The number of carbonyl (C=O) groups excluding carboxylic acids is 1. The Morgan fingerprint density at radius 2 is 1.83 bits per heavy atom. The second-order valence-electron chi connectivity index (χ2n) is 5.90. The van der Waals surface area contributed by atoms with Gasteiger partial charge in [-0.05, 0) is 23.5 Å². The standard InChI is InChI=1S/C15H24N2O/c1-11(9-14(16)18)17-10-12-5-7-13(8-6-12)15(2,3)4/h5-8,11,17H,9-10H2,1-4H3,(H2,16,18). The lowest BCUT2D eigenvalue weighted by atomic mass is 9.87. The topological polar surface area (TPSA) is 55.1 Å². The summed E-state index contributed by atoms with van der Waals surface area (Å²) in [7, 11) is 0. The van der Waals surface area contributed by atoms with Gasteiger partial charge in [0, 0.05) is 19.0 Å². The summed E-state index contributed by atoms with van der Waals surface area (Å²) in [5.74, 6) is -0.266. The molecule has 0 saturated carbocycles. The van der Waals surface area contributed by atoms with Crippen LogP contribution in [0.15, 0.2) is 24.3 Å². The molecule has 1 aromatic carbocycles. The molecule has 18 heavy (non-hydrogen) atoms. The third kappa shape index (κ3) is 4.88. The van der Waals surface area contributed by atoms with Gasteiger partial charge in [-0.25, -0.2) is 0 Å². The SMILES string of the molecule is CC(CC(N)=O)NCc1ccc(C(C)(C)C)cc1. The highest BCUT2D eigenvalue weighted by Crippen LogP contribution is 2.22. The number of hydrogen-bond acceptors (Lipinski definition) is 2. The van der Waals surface area contributed by atoms with Crippen LogP contribution in [0.25, 0.3) is 0 Å². The van der Waals surface area contributed by atoms with E-state index in [-0.39, 0.29) is 17.4 Å². The first-order valence-electron chi connectivity index (χ1n) is 6.40. The van der Waals surface area contributed by atoms with E-state index in [1.807, 2.05) is 6.92 Å². The molecule has 3 N–H and O–H groups in total. The summed E-state index contributed by atoms with van der Waals surface area (Å²) >= 11 is 0. The maximum atomic E-state index is 10.8. The molecular formula is C15H24N2O. The van der Waals surface area contributed by atoms with Gasteiger partial charge in [-0.1, -0.05) is 45.0 Å². The fraction of sp³-hybridized carbons (Fsp3) is 0.533. The average Bonchev–Trinajstić information content (AvgIpc) is 2.25. The maximum Gasteiger partial charge on any atom is 0.218 e. The second kappa shape index (κ2) is 6.01. The Balaban J connectivity index is 2.52. The van der Waals surface area contributed by atoms with Gasteiger partial charge in [-0.2, -0.15) is 0 Å². The molecule has 0 fully saturated rings. The van der Waals surface area contributed by atoms with Crippen LogP contribution in [0.1, 0.15) is 45.2 Å². The van der Waals surface area contributed by atoms with Crippen LogP contribution in [0.3, 0.4) is 0 Å². The van der Waals surface area contributed by atoms with Gasteiger partial charge < -0.3 is 11.1 Å². The molecule has 1 atom stereocenters. The second-order valence-corrected chi connectivity index (χ2v) is 5.90. The number of nitrogens with two attached hydrogens (primary N) is 1. The summed E-state index contributed by atoms with van der Waals surface area (Å²) in [5.41, 5.74) is 7.89. The molecule has 0 heterocycles. The van der Waals surface area contributed by atoms with Crippen molar-refractivity contribution in [2.75, 3.05) is 0 Å². The Hall–Kier alpha value is -1.35. The van der Waals surface area contributed by atoms with Crippen molar-refractivity contribution in [3.8, 4) is 0 Å². The van der Waals surface area contributed by atoms with Crippen LogP contribution in [-0.4, -0.2) is 11.9 Å². The molecule has 1 aromatic rings. The summed E-state index contributed by atoms with van der Waals surface area (Å²) in [6.07, 6.45) is 0.375. The van der Waals surface area contributed by atoms with Gasteiger partial charge in [0.2, 0.25) is 5.91 Å². The number of nitrogens with one attached hydrogen (secondary N) is 1. The van der Waals surface area contributed by atoms with E-state index in [0.717, 1.165) is 6.54 Å². The van der Waals surface area contributed by atoms with E-state index in [4.69, 9.17) is 5.73 Å². The average molecular weight is 248 g/mol. The van der Waals surface area contributed by atoms with Crippen molar-refractivity contribution < 1.29 is 4.79 Å². The smallest absolute Gasteiger partial charge is 0.218 e. The summed E-state index contributed by atoms with van der Waals surface area (Å²) < 4.78 is 0. The van der Waals surface area contributed by atoms with Crippen molar-refractivity contribution in [1.29, 1.82) is 0 Å². The number of hydrogen-bond donors (Lipinski definition) is 2. The van der Waals surface area contributed by atoms with Crippen molar-refractivity contribution in [3.63, 3.8) is 0 Å². The van der Waals surface area contributed by atoms with E-state index in [2.05, 4.69) is 50.4 Å². The van der Waals surface area contributed by atoms with Gasteiger partial charge in [0.25, 0.3) is 0 Å². The molecule has 0 aliphatic heterocycles. The summed E-state index contributed by atoms with van der Waals surface area (Å²) in [6, 6.07) is 8.70. The van der Waals surface area contributed by atoms with E-state index in [1.54, 1.807) is 0 Å². The van der Waals surface area contributed by atoms with Crippen LogP contribution in [-0.2, 0) is 16.8 Å². The van der Waals surface area contributed by atoms with E-state index in [0.29, 0.717) is 6.42 Å². The van der Waals surface area contributed by atoms with Gasteiger partial charge in [0.1, 0.15) is 0 Å². The van der Waals surface area contributed by atoms with Crippen LogP contribution < -0.4 is 11.1 Å². The molecule has 0 aliphatic rings. The van der Waals surface area contributed by atoms with Gasteiger partial charge >= 0.3 is 0 Å². The molecule has 100 valence electrons. The molecule has 0 bridgehead atoms. The molecule has 0 radical (unpaired) electrons. The molecule has 0 aromatic heterocycles. The van der Waals surface area contributed by atoms with Crippen LogP contribution in [0.4, 0.5) is 0 Å². The lowest BCUT2D eigenvalue weighted by Gasteiger charge is -2.19. The van der Waals surface area contributed by atoms with Gasteiger partial charge in [0.05, 0.1) is 0 Å². The maximum absolute atomic E-state index is 10.8. The highest BCUT2D eigenvalue weighted by Gasteiger charge is 2.12. The molecule has 3 heteroatoms. The molecule has 3 nitrogen and oxygen atoms in total. The Morgan fingerprint density at radius 1 is 1.28 bits per heavy atom. The van der Waals surface area contributed by atoms with Crippen molar-refractivity contribution >= 4 is 5.91 Å². The minimum Gasteiger partial charge on any atom is -0.370 e. The van der Waals surface area contributed by atoms with Crippen molar-refractivity contribution in [2.45, 2.75) is 52.1 Å². The van der Waals surface area contributed by atoms with Crippen LogP contribution >= 0.6 is 0 Å². The molecular weight excluding hydrogens is 224 g/mol. The molecule has 1 amide bonds. The highest BCUT2D eigenvalue weighted by molar-refractivity contribution is 5.74. The third-order valence-corrected chi connectivity index (χ3v) is 2.98. The Morgan fingerprint density at radius 3 is 2.28 bits per heavy atom. The Kier molecular flexibility index (Phi) is 4.91. The monoisotopic (exact) mass is 248 g/mol. The minimum atomic E-state index is -0.266. The van der Waals surface area contributed by atoms with Crippen molar-refractivity contribution in [3.05, 3.63) is 35.4 Å². The minimum absolute atomic E-state index is 0.116. The first kappa shape index (κ1) is 14.7. The van der Waals surface area contributed by atoms with E-state index in [9.17, 15) is 4.79 Å². The van der Waals surface area contributed by atoms with Crippen molar-refractivity contribution in [2.24, 2.45) is 5.73 Å². The lowest BCUT2D eigenvalue weighted by Crippen LogP contribution is -2.30. The highest BCUT2D eigenvalue weighted by atomic mass is 16.1. The van der Waals surface area contributed by atoms with Crippen LogP contribution in [0.5, 0.6) is 0 Å². The normalized spacial score (nSPS) is 13.3.